The summed E-state index contributed by atoms with van der Waals surface area (Å²) in [6.07, 6.45) is 3.64. The first-order valence-corrected chi connectivity index (χ1v) is 6.63. The Balaban J connectivity index is 2.15. The second-order valence-corrected chi connectivity index (χ2v) is 4.50. The molecule has 2 rings (SSSR count). The highest BCUT2D eigenvalue weighted by molar-refractivity contribution is 5.43. The van der Waals surface area contributed by atoms with Gasteiger partial charge in [-0.1, -0.05) is 36.3 Å². The molecule has 0 bridgehead atoms. The van der Waals surface area contributed by atoms with E-state index in [9.17, 15) is 0 Å². The number of aromatic nitrogens is 1. The molecule has 3 nitrogen and oxygen atoms in total. The molecule has 0 aliphatic rings. The Hall–Kier alpha value is -2.31. The van der Waals surface area contributed by atoms with Crippen LogP contribution in [0.1, 0.15) is 12.5 Å². The van der Waals surface area contributed by atoms with Crippen molar-refractivity contribution in [2.45, 2.75) is 13.5 Å². The number of pyridine rings is 1. The number of hydrazine groups is 1. The van der Waals surface area contributed by atoms with Crippen molar-refractivity contribution in [3.8, 4) is 11.8 Å². The lowest BCUT2D eigenvalue weighted by Gasteiger charge is -2.32. The lowest BCUT2D eigenvalue weighted by Crippen LogP contribution is -2.39. The summed E-state index contributed by atoms with van der Waals surface area (Å²) >= 11 is 0. The van der Waals surface area contributed by atoms with Crippen LogP contribution in [0.5, 0.6) is 0 Å². The smallest absolute Gasteiger partial charge is 0.0955 e. The summed E-state index contributed by atoms with van der Waals surface area (Å²) < 4.78 is 0. The largest absolute Gasteiger partial charge is 0.292 e. The molecule has 0 aliphatic carbocycles. The van der Waals surface area contributed by atoms with E-state index in [-0.39, 0.29) is 0 Å². The van der Waals surface area contributed by atoms with Gasteiger partial charge in [0.15, 0.2) is 0 Å². The Morgan fingerprint density at radius 1 is 1.10 bits per heavy atom. The third-order valence-electron chi connectivity index (χ3n) is 3.02. The van der Waals surface area contributed by atoms with E-state index >= 15 is 0 Å². The van der Waals surface area contributed by atoms with Gasteiger partial charge in [0.25, 0.3) is 0 Å². The SMILES string of the molecule is CC#CCN(c1cccnc1)N(C)Cc1ccccc1. The van der Waals surface area contributed by atoms with Gasteiger partial charge in [-0.05, 0) is 24.6 Å². The number of hydrogen-bond donors (Lipinski definition) is 0. The second kappa shape index (κ2) is 7.32. The molecule has 3 heteroatoms. The van der Waals surface area contributed by atoms with Gasteiger partial charge in [-0.15, -0.1) is 5.92 Å². The Labute approximate surface area is 120 Å². The van der Waals surface area contributed by atoms with Gasteiger partial charge in [-0.25, -0.2) is 5.01 Å². The molecule has 1 aromatic heterocycles. The van der Waals surface area contributed by atoms with Crippen LogP contribution in [0.3, 0.4) is 0 Å². The van der Waals surface area contributed by atoms with Crippen molar-refractivity contribution in [3.63, 3.8) is 0 Å². The number of anilines is 1. The van der Waals surface area contributed by atoms with Crippen LogP contribution in [0.2, 0.25) is 0 Å². The molecule has 2 aromatic rings. The zero-order chi connectivity index (χ0) is 14.2. The van der Waals surface area contributed by atoms with Crippen LogP contribution >= 0.6 is 0 Å². The number of hydrogen-bond acceptors (Lipinski definition) is 3. The molecule has 0 unspecified atom stereocenters. The molecule has 20 heavy (non-hydrogen) atoms. The number of benzene rings is 1. The Bertz CT molecular complexity index is 569. The van der Waals surface area contributed by atoms with Crippen LogP contribution in [-0.2, 0) is 6.54 Å². The Kier molecular flexibility index (Phi) is 5.16. The van der Waals surface area contributed by atoms with Crippen LogP contribution in [-0.4, -0.2) is 23.6 Å². The van der Waals surface area contributed by atoms with E-state index in [2.05, 4.69) is 58.2 Å². The van der Waals surface area contributed by atoms with E-state index in [1.165, 1.54) is 5.56 Å². The minimum atomic E-state index is 0.658. The van der Waals surface area contributed by atoms with Crippen molar-refractivity contribution in [1.82, 2.24) is 9.99 Å². The average Bonchev–Trinajstić information content (AvgIpc) is 2.50. The third kappa shape index (κ3) is 3.84. The molecule has 0 saturated carbocycles. The monoisotopic (exact) mass is 265 g/mol. The average molecular weight is 265 g/mol. The highest BCUT2D eigenvalue weighted by Gasteiger charge is 2.11. The van der Waals surface area contributed by atoms with E-state index in [1.54, 1.807) is 6.20 Å². The first kappa shape index (κ1) is 14.1. The quantitative estimate of drug-likeness (QED) is 0.612. The Morgan fingerprint density at radius 3 is 2.55 bits per heavy atom. The van der Waals surface area contributed by atoms with Crippen LogP contribution in [0.25, 0.3) is 0 Å². The van der Waals surface area contributed by atoms with Crippen molar-refractivity contribution in [2.24, 2.45) is 0 Å². The zero-order valence-corrected chi connectivity index (χ0v) is 12.0. The molecule has 0 atom stereocenters. The maximum atomic E-state index is 4.19. The molecule has 0 amide bonds. The maximum absolute atomic E-state index is 4.19. The molecule has 0 fully saturated rings. The van der Waals surface area contributed by atoms with E-state index in [1.807, 2.05) is 31.3 Å². The first-order valence-electron chi connectivity index (χ1n) is 6.63. The fourth-order valence-electron chi connectivity index (χ4n) is 2.00. The van der Waals surface area contributed by atoms with Gasteiger partial charge in [0.1, 0.15) is 0 Å². The summed E-state index contributed by atoms with van der Waals surface area (Å²) in [5, 5.41) is 4.30. The molecule has 0 N–H and O–H groups in total. The van der Waals surface area contributed by atoms with Crippen molar-refractivity contribution < 1.29 is 0 Å². The van der Waals surface area contributed by atoms with E-state index in [0.717, 1.165) is 12.2 Å². The van der Waals surface area contributed by atoms with E-state index in [0.29, 0.717) is 6.54 Å². The zero-order valence-electron chi connectivity index (χ0n) is 12.0. The van der Waals surface area contributed by atoms with Gasteiger partial charge >= 0.3 is 0 Å². The summed E-state index contributed by atoms with van der Waals surface area (Å²) in [5.74, 6) is 6.07. The summed E-state index contributed by atoms with van der Waals surface area (Å²) in [4.78, 5) is 4.19. The third-order valence-corrected chi connectivity index (χ3v) is 3.02. The minimum Gasteiger partial charge on any atom is -0.292 e. The highest BCUT2D eigenvalue weighted by Crippen LogP contribution is 2.15. The van der Waals surface area contributed by atoms with E-state index < -0.39 is 0 Å². The first-order chi connectivity index (χ1) is 9.81. The predicted octanol–water partition coefficient (Wildman–Crippen LogP) is 2.96. The number of rotatable bonds is 5. The normalized spacial score (nSPS) is 9.95. The topological polar surface area (TPSA) is 19.4 Å². The van der Waals surface area contributed by atoms with Crippen molar-refractivity contribution in [2.75, 3.05) is 18.6 Å². The molecular weight excluding hydrogens is 246 g/mol. The molecule has 1 heterocycles. The van der Waals surface area contributed by atoms with E-state index in [4.69, 9.17) is 0 Å². The van der Waals surface area contributed by atoms with Crippen molar-refractivity contribution in [1.29, 1.82) is 0 Å². The van der Waals surface area contributed by atoms with Crippen molar-refractivity contribution in [3.05, 3.63) is 60.4 Å². The fraction of sp³-hybridized carbons (Fsp3) is 0.235. The van der Waals surface area contributed by atoms with Gasteiger partial charge in [-0.3, -0.25) is 9.99 Å². The van der Waals surface area contributed by atoms with Crippen LogP contribution in [0, 0.1) is 11.8 Å². The second-order valence-electron chi connectivity index (χ2n) is 4.50. The van der Waals surface area contributed by atoms with Gasteiger partial charge in [0.2, 0.25) is 0 Å². The molecular formula is C17H19N3. The van der Waals surface area contributed by atoms with Gasteiger partial charge < -0.3 is 0 Å². The fourth-order valence-corrected chi connectivity index (χ4v) is 2.00. The molecule has 0 radical (unpaired) electrons. The lowest BCUT2D eigenvalue weighted by molar-refractivity contribution is 0.307. The minimum absolute atomic E-state index is 0.658. The summed E-state index contributed by atoms with van der Waals surface area (Å²) in [7, 11) is 2.07. The van der Waals surface area contributed by atoms with Crippen LogP contribution in [0.4, 0.5) is 5.69 Å². The summed E-state index contributed by atoms with van der Waals surface area (Å²) in [6.45, 7) is 3.35. The molecule has 0 spiro atoms. The Morgan fingerprint density at radius 2 is 1.90 bits per heavy atom. The van der Waals surface area contributed by atoms with Gasteiger partial charge in [-0.2, -0.15) is 0 Å². The molecule has 1 aromatic carbocycles. The van der Waals surface area contributed by atoms with Gasteiger partial charge in [0.05, 0.1) is 18.4 Å². The van der Waals surface area contributed by atoms with Gasteiger partial charge in [0, 0.05) is 19.8 Å². The standard InChI is InChI=1S/C17H19N3/c1-3-4-13-20(17-11-8-12-18-14-17)19(2)15-16-9-6-5-7-10-16/h5-12,14H,13,15H2,1-2H3. The van der Waals surface area contributed by atoms with Crippen molar-refractivity contribution >= 4 is 5.69 Å². The summed E-state index contributed by atoms with van der Waals surface area (Å²) in [5.41, 5.74) is 2.32. The molecule has 0 aliphatic heterocycles. The number of nitrogens with zero attached hydrogens (tertiary/aromatic N) is 3. The van der Waals surface area contributed by atoms with Crippen LogP contribution in [0.15, 0.2) is 54.9 Å². The summed E-state index contributed by atoms with van der Waals surface area (Å²) in [6, 6.07) is 14.4. The lowest BCUT2D eigenvalue weighted by atomic mass is 10.2. The molecule has 102 valence electrons. The highest BCUT2D eigenvalue weighted by atomic mass is 15.6. The molecule has 0 saturated heterocycles. The van der Waals surface area contributed by atoms with Crippen LogP contribution < -0.4 is 5.01 Å². The maximum Gasteiger partial charge on any atom is 0.0955 e. The predicted molar refractivity (Wildman–Crippen MR) is 82.9 cm³/mol.